The number of nitrogens with zero attached hydrogens (tertiary/aromatic N) is 1. The molecule has 0 unspecified atom stereocenters. The number of likely N-dealkylation sites (N-methyl/N-ethyl adjacent to an activating group) is 1. The zero-order valence-corrected chi connectivity index (χ0v) is 9.64. The summed E-state index contributed by atoms with van der Waals surface area (Å²) in [6, 6.07) is 3.75. The minimum atomic E-state index is 0.0181. The quantitative estimate of drug-likeness (QED) is 0.694. The predicted molar refractivity (Wildman–Crippen MR) is 60.0 cm³/mol. The van der Waals surface area contributed by atoms with Crippen LogP contribution in [0.25, 0.3) is 0 Å². The highest BCUT2D eigenvalue weighted by Gasteiger charge is 2.18. The first-order valence-electron chi connectivity index (χ1n) is 5.16. The molecule has 5 heteroatoms. The van der Waals surface area contributed by atoms with E-state index in [1.54, 1.807) is 0 Å². The molecule has 1 aromatic heterocycles. The van der Waals surface area contributed by atoms with E-state index in [2.05, 4.69) is 12.5 Å². The number of piperazine rings is 1. The number of carbonyl (C=O) groups is 1. The van der Waals surface area contributed by atoms with Gasteiger partial charge in [0.2, 0.25) is 0 Å². The van der Waals surface area contributed by atoms with E-state index in [0.29, 0.717) is 0 Å². The average Bonchev–Trinajstić information content (AvgIpc) is 2.74. The van der Waals surface area contributed by atoms with Gasteiger partial charge in [0.25, 0.3) is 5.91 Å². The summed E-state index contributed by atoms with van der Waals surface area (Å²) in [5.74, 6) is 0.0181. The number of quaternary nitrogens is 1. The van der Waals surface area contributed by atoms with Crippen LogP contribution < -0.4 is 10.3 Å². The second-order valence-corrected chi connectivity index (χ2v) is 4.81. The lowest BCUT2D eigenvalue weighted by atomic mass is 10.4. The van der Waals surface area contributed by atoms with E-state index in [4.69, 9.17) is 0 Å². The lowest BCUT2D eigenvalue weighted by Gasteiger charge is -2.29. The molecule has 0 radical (unpaired) electrons. The summed E-state index contributed by atoms with van der Waals surface area (Å²) in [5, 5.41) is 3.93. The molecule has 0 saturated carbocycles. The molecule has 2 heterocycles. The Labute approximate surface area is 93.5 Å². The van der Waals surface area contributed by atoms with E-state index < -0.39 is 0 Å². The molecular formula is C10H16N3OS+. The predicted octanol–water partition coefficient (Wildman–Crippen LogP) is -0.777. The van der Waals surface area contributed by atoms with Crippen molar-refractivity contribution in [3.05, 3.63) is 22.4 Å². The molecular weight excluding hydrogens is 210 g/mol. The van der Waals surface area contributed by atoms with Gasteiger partial charge < -0.3 is 4.90 Å². The molecule has 0 aromatic carbocycles. The Morgan fingerprint density at radius 3 is 2.87 bits per heavy atom. The molecule has 2 N–H and O–H groups in total. The van der Waals surface area contributed by atoms with Gasteiger partial charge in [0.05, 0.1) is 38.1 Å². The highest BCUT2D eigenvalue weighted by molar-refractivity contribution is 7.12. The average molecular weight is 226 g/mol. The zero-order valence-electron chi connectivity index (χ0n) is 8.82. The summed E-state index contributed by atoms with van der Waals surface area (Å²) in [7, 11) is 2.18. The molecule has 4 nitrogen and oxygen atoms in total. The molecule has 1 aliphatic rings. The maximum absolute atomic E-state index is 11.7. The van der Waals surface area contributed by atoms with E-state index in [9.17, 15) is 4.79 Å². The van der Waals surface area contributed by atoms with Crippen molar-refractivity contribution in [1.82, 2.24) is 10.4 Å². The number of thiophene rings is 1. The molecule has 0 spiro atoms. The molecule has 1 aromatic rings. The van der Waals surface area contributed by atoms with Crippen molar-refractivity contribution in [3.8, 4) is 0 Å². The van der Waals surface area contributed by atoms with Crippen molar-refractivity contribution in [3.63, 3.8) is 0 Å². The SMILES string of the molecule is C[NH+]1CCN(NC(=O)c2cccs2)CC1. The van der Waals surface area contributed by atoms with Crippen molar-refractivity contribution >= 4 is 17.2 Å². The maximum Gasteiger partial charge on any atom is 0.275 e. The van der Waals surface area contributed by atoms with Gasteiger partial charge in [-0.1, -0.05) is 6.07 Å². The van der Waals surface area contributed by atoms with E-state index in [1.807, 2.05) is 22.5 Å². The van der Waals surface area contributed by atoms with Crippen LogP contribution in [0.15, 0.2) is 17.5 Å². The summed E-state index contributed by atoms with van der Waals surface area (Å²) in [6.07, 6.45) is 0. The topological polar surface area (TPSA) is 36.8 Å². The number of hydrazine groups is 1. The molecule has 0 aliphatic carbocycles. The second kappa shape index (κ2) is 4.74. The highest BCUT2D eigenvalue weighted by Crippen LogP contribution is 2.07. The lowest BCUT2D eigenvalue weighted by Crippen LogP contribution is -3.12. The monoisotopic (exact) mass is 226 g/mol. The van der Waals surface area contributed by atoms with Crippen LogP contribution in [0.3, 0.4) is 0 Å². The molecule has 1 saturated heterocycles. The first-order valence-corrected chi connectivity index (χ1v) is 6.04. The van der Waals surface area contributed by atoms with E-state index in [1.165, 1.54) is 16.2 Å². The van der Waals surface area contributed by atoms with Crippen LogP contribution in [0.5, 0.6) is 0 Å². The van der Waals surface area contributed by atoms with E-state index in [-0.39, 0.29) is 5.91 Å². The van der Waals surface area contributed by atoms with Crippen LogP contribution in [0.2, 0.25) is 0 Å². The van der Waals surface area contributed by atoms with E-state index >= 15 is 0 Å². The Morgan fingerprint density at radius 1 is 1.53 bits per heavy atom. The fourth-order valence-corrected chi connectivity index (χ4v) is 2.22. The molecule has 82 valence electrons. The smallest absolute Gasteiger partial charge is 0.275 e. The minimum absolute atomic E-state index is 0.0181. The van der Waals surface area contributed by atoms with Crippen molar-refractivity contribution in [2.45, 2.75) is 0 Å². The molecule has 0 atom stereocenters. The summed E-state index contributed by atoms with van der Waals surface area (Å²) in [4.78, 5) is 14.0. The first kappa shape index (κ1) is 10.6. The highest BCUT2D eigenvalue weighted by atomic mass is 32.1. The van der Waals surface area contributed by atoms with Gasteiger partial charge in [0.15, 0.2) is 0 Å². The summed E-state index contributed by atoms with van der Waals surface area (Å²) in [5.41, 5.74) is 2.93. The van der Waals surface area contributed by atoms with Gasteiger partial charge >= 0.3 is 0 Å². The van der Waals surface area contributed by atoms with Crippen LogP contribution in [0.1, 0.15) is 9.67 Å². The summed E-state index contributed by atoms with van der Waals surface area (Å²) < 4.78 is 0. The second-order valence-electron chi connectivity index (χ2n) is 3.86. The molecule has 1 aliphatic heterocycles. The first-order chi connectivity index (χ1) is 7.25. The number of nitrogens with one attached hydrogen (secondary N) is 2. The Morgan fingerprint density at radius 2 is 2.27 bits per heavy atom. The molecule has 2 rings (SSSR count). The third-order valence-electron chi connectivity index (χ3n) is 2.62. The Hall–Kier alpha value is -0.910. The molecule has 1 amide bonds. The third kappa shape index (κ3) is 2.77. The number of rotatable bonds is 2. The minimum Gasteiger partial charge on any atom is -0.335 e. The largest absolute Gasteiger partial charge is 0.335 e. The number of amides is 1. The summed E-state index contributed by atoms with van der Waals surface area (Å²) >= 11 is 1.48. The molecule has 1 fully saturated rings. The molecule has 0 bridgehead atoms. The number of hydrogen-bond donors (Lipinski definition) is 2. The standard InChI is InChI=1S/C10H15N3OS/c1-12-4-6-13(7-5-12)11-10(14)9-3-2-8-15-9/h2-3,8H,4-7H2,1H3,(H,11,14)/p+1. The van der Waals surface area contributed by atoms with Gasteiger partial charge in [0, 0.05) is 0 Å². The van der Waals surface area contributed by atoms with Gasteiger partial charge in [-0.2, -0.15) is 0 Å². The zero-order chi connectivity index (χ0) is 10.7. The van der Waals surface area contributed by atoms with Crippen molar-refractivity contribution in [2.75, 3.05) is 33.2 Å². The van der Waals surface area contributed by atoms with Crippen LogP contribution in [-0.4, -0.2) is 44.1 Å². The van der Waals surface area contributed by atoms with Crippen molar-refractivity contribution in [1.29, 1.82) is 0 Å². The number of carbonyl (C=O) groups excluding carboxylic acids is 1. The number of hydrogen-bond acceptors (Lipinski definition) is 3. The Bertz CT molecular complexity index is 317. The maximum atomic E-state index is 11.7. The van der Waals surface area contributed by atoms with Crippen molar-refractivity contribution in [2.24, 2.45) is 0 Å². The van der Waals surface area contributed by atoms with Gasteiger partial charge in [-0.25, -0.2) is 5.01 Å². The fourth-order valence-electron chi connectivity index (χ4n) is 1.61. The fraction of sp³-hybridized carbons (Fsp3) is 0.500. The Kier molecular flexibility index (Phi) is 3.35. The lowest BCUT2D eigenvalue weighted by molar-refractivity contribution is -0.884. The van der Waals surface area contributed by atoms with Gasteiger partial charge in [-0.05, 0) is 11.4 Å². The van der Waals surface area contributed by atoms with Gasteiger partial charge in [-0.15, -0.1) is 11.3 Å². The van der Waals surface area contributed by atoms with Gasteiger partial charge in [-0.3, -0.25) is 10.2 Å². The normalized spacial score (nSPS) is 19.0. The summed E-state index contributed by atoms with van der Waals surface area (Å²) in [6.45, 7) is 4.04. The molecule has 15 heavy (non-hydrogen) atoms. The third-order valence-corrected chi connectivity index (χ3v) is 3.49. The van der Waals surface area contributed by atoms with Gasteiger partial charge in [0.1, 0.15) is 0 Å². The van der Waals surface area contributed by atoms with E-state index in [0.717, 1.165) is 31.1 Å². The Balaban J connectivity index is 1.85. The van der Waals surface area contributed by atoms with Crippen LogP contribution >= 0.6 is 11.3 Å². The van der Waals surface area contributed by atoms with Crippen LogP contribution in [-0.2, 0) is 0 Å². The van der Waals surface area contributed by atoms with Crippen LogP contribution in [0, 0.1) is 0 Å². The van der Waals surface area contributed by atoms with Crippen molar-refractivity contribution < 1.29 is 9.69 Å². The van der Waals surface area contributed by atoms with Crippen LogP contribution in [0.4, 0.5) is 0 Å².